The summed E-state index contributed by atoms with van der Waals surface area (Å²) in [7, 11) is 0. The van der Waals surface area contributed by atoms with Gasteiger partial charge in [-0.05, 0) is 51.2 Å². The normalized spacial score (nSPS) is 12.3. The Bertz CT molecular complexity index is 868. The molecule has 2 aromatic rings. The number of benzene rings is 1. The van der Waals surface area contributed by atoms with Crippen molar-refractivity contribution in [2.75, 3.05) is 6.61 Å². The first kappa shape index (κ1) is 24.6. The fraction of sp³-hybridized carbons (Fsp3) is 0.481. The molecule has 1 aromatic carbocycles. The molecule has 0 aliphatic carbocycles. The van der Waals surface area contributed by atoms with Gasteiger partial charge >= 0.3 is 0 Å². The molecule has 1 amide bonds. The highest BCUT2D eigenvalue weighted by Gasteiger charge is 2.22. The molecule has 0 bridgehead atoms. The summed E-state index contributed by atoms with van der Waals surface area (Å²) in [6.07, 6.45) is 14.4. The van der Waals surface area contributed by atoms with Gasteiger partial charge in [0.05, 0.1) is 12.1 Å². The van der Waals surface area contributed by atoms with Crippen LogP contribution in [0.15, 0.2) is 60.7 Å². The lowest BCUT2D eigenvalue weighted by molar-refractivity contribution is -0.118. The molecule has 0 fully saturated rings. The molecule has 4 heteroatoms. The number of para-hydroxylation sites is 1. The van der Waals surface area contributed by atoms with Gasteiger partial charge in [-0.15, -0.1) is 0 Å². The van der Waals surface area contributed by atoms with Gasteiger partial charge in [-0.1, -0.05) is 69.5 Å². The topological polar surface area (TPSA) is 51.2 Å². The second-order valence-corrected chi connectivity index (χ2v) is 8.90. The number of carbonyl (C=O) groups is 1. The van der Waals surface area contributed by atoms with Crippen LogP contribution in [-0.2, 0) is 4.79 Å². The Hall–Kier alpha value is -2.62. The maximum Gasteiger partial charge on any atom is 0.244 e. The number of hydrogen-bond acceptors (Lipinski definition) is 3. The van der Waals surface area contributed by atoms with Crippen LogP contribution in [0.25, 0.3) is 10.9 Å². The van der Waals surface area contributed by atoms with E-state index in [0.717, 1.165) is 23.7 Å². The van der Waals surface area contributed by atoms with Crippen molar-refractivity contribution in [1.29, 1.82) is 0 Å². The summed E-state index contributed by atoms with van der Waals surface area (Å²) in [4.78, 5) is 16.5. The molecule has 4 nitrogen and oxygen atoms in total. The van der Waals surface area contributed by atoms with Crippen molar-refractivity contribution in [3.05, 3.63) is 60.7 Å². The monoisotopic (exact) mass is 422 g/mol. The Morgan fingerprint density at radius 3 is 2.58 bits per heavy atom. The van der Waals surface area contributed by atoms with Gasteiger partial charge in [0.2, 0.25) is 11.8 Å². The minimum atomic E-state index is -0.192. The second-order valence-electron chi connectivity index (χ2n) is 8.90. The number of amides is 1. The quantitative estimate of drug-likeness (QED) is 0.224. The minimum absolute atomic E-state index is 0.0375. The van der Waals surface area contributed by atoms with E-state index in [-0.39, 0.29) is 11.4 Å². The summed E-state index contributed by atoms with van der Waals surface area (Å²) in [5.41, 5.74) is 0.783. The van der Waals surface area contributed by atoms with Crippen molar-refractivity contribution >= 4 is 16.8 Å². The molecule has 0 spiro atoms. The lowest BCUT2D eigenvalue weighted by atomic mass is 9.91. The van der Waals surface area contributed by atoms with E-state index in [0.29, 0.717) is 18.4 Å². The van der Waals surface area contributed by atoms with Crippen LogP contribution in [0.3, 0.4) is 0 Å². The first-order valence-electron chi connectivity index (χ1n) is 11.5. The number of pyridine rings is 1. The number of rotatable bonds is 13. The molecule has 0 aliphatic rings. The van der Waals surface area contributed by atoms with Crippen LogP contribution in [0.4, 0.5) is 0 Å². The van der Waals surface area contributed by atoms with Gasteiger partial charge < -0.3 is 10.1 Å². The largest absolute Gasteiger partial charge is 0.478 e. The number of unbranched alkanes of at least 4 members (excludes halogenated alkanes) is 5. The number of ether oxygens (including phenoxy) is 1. The van der Waals surface area contributed by atoms with E-state index in [1.165, 1.54) is 25.7 Å². The molecule has 168 valence electrons. The maximum absolute atomic E-state index is 11.9. The number of allylic oxidation sites excluding steroid dienone is 3. The van der Waals surface area contributed by atoms with Gasteiger partial charge in [-0.25, -0.2) is 4.98 Å². The Labute approximate surface area is 187 Å². The third-order valence-corrected chi connectivity index (χ3v) is 5.72. The van der Waals surface area contributed by atoms with Crippen LogP contribution in [0.1, 0.15) is 66.2 Å². The molecule has 0 aliphatic heterocycles. The molecule has 2 rings (SSSR count). The van der Waals surface area contributed by atoms with Crippen LogP contribution in [0, 0.1) is 5.92 Å². The molecule has 1 aromatic heterocycles. The third-order valence-electron chi connectivity index (χ3n) is 5.72. The van der Waals surface area contributed by atoms with E-state index in [1.54, 1.807) is 6.08 Å². The van der Waals surface area contributed by atoms with Gasteiger partial charge in [0.1, 0.15) is 0 Å². The predicted octanol–water partition coefficient (Wildman–Crippen LogP) is 6.62. The van der Waals surface area contributed by atoms with Crippen molar-refractivity contribution in [2.45, 2.75) is 71.8 Å². The van der Waals surface area contributed by atoms with Crippen LogP contribution >= 0.6 is 0 Å². The number of hydrogen-bond donors (Lipinski definition) is 1. The maximum atomic E-state index is 11.9. The Balaban J connectivity index is 1.49. The molecule has 1 N–H and O–H groups in total. The van der Waals surface area contributed by atoms with E-state index in [1.807, 2.05) is 50.3 Å². The fourth-order valence-corrected chi connectivity index (χ4v) is 3.02. The summed E-state index contributed by atoms with van der Waals surface area (Å²) < 4.78 is 5.79. The van der Waals surface area contributed by atoms with Gasteiger partial charge in [-0.2, -0.15) is 0 Å². The second kappa shape index (κ2) is 12.9. The van der Waals surface area contributed by atoms with Crippen molar-refractivity contribution in [2.24, 2.45) is 5.92 Å². The molecule has 31 heavy (non-hydrogen) atoms. The lowest BCUT2D eigenvalue weighted by Gasteiger charge is -2.29. The standard InChI is InChI=1S/C27H38N2O2/c1-22(2)27(3,4)29-25(30)18-12-10-8-6-5-7-9-11-15-21-31-26-20-19-23-16-13-14-17-24(23)28-26/h8,10,12-14,16-20,22H,5-7,9,11,15,21H2,1-4H3,(H,29,30)/b10-8+,18-12+. The van der Waals surface area contributed by atoms with E-state index in [9.17, 15) is 4.79 Å². The van der Waals surface area contributed by atoms with Gasteiger partial charge in [0, 0.05) is 23.1 Å². The Kier molecular flexibility index (Phi) is 10.3. The van der Waals surface area contributed by atoms with Gasteiger partial charge in [-0.3, -0.25) is 4.79 Å². The zero-order chi connectivity index (χ0) is 22.5. The molecule has 0 saturated heterocycles. The molecular weight excluding hydrogens is 384 g/mol. The summed E-state index contributed by atoms with van der Waals surface area (Å²) in [5.74, 6) is 1.06. The lowest BCUT2D eigenvalue weighted by Crippen LogP contribution is -2.46. The molecule has 0 unspecified atom stereocenters. The molecule has 1 heterocycles. The number of fused-ring (bicyclic) bond motifs is 1. The summed E-state index contributed by atoms with van der Waals surface area (Å²) in [6, 6.07) is 12.1. The minimum Gasteiger partial charge on any atom is -0.478 e. The average molecular weight is 423 g/mol. The SMILES string of the molecule is CC(C)C(C)(C)NC(=O)/C=C/C=C/CCCCCCCOc1ccc2ccccc2n1. The van der Waals surface area contributed by atoms with E-state index in [2.05, 4.69) is 42.4 Å². The van der Waals surface area contributed by atoms with Crippen molar-refractivity contribution in [3.8, 4) is 5.88 Å². The van der Waals surface area contributed by atoms with Crippen LogP contribution in [0.5, 0.6) is 5.88 Å². The first-order chi connectivity index (χ1) is 14.9. The summed E-state index contributed by atoms with van der Waals surface area (Å²) >= 11 is 0. The molecular formula is C27H38N2O2. The number of nitrogens with one attached hydrogen (secondary N) is 1. The van der Waals surface area contributed by atoms with Crippen LogP contribution in [0.2, 0.25) is 0 Å². The van der Waals surface area contributed by atoms with Crippen molar-refractivity contribution in [3.63, 3.8) is 0 Å². The number of aromatic nitrogens is 1. The van der Waals surface area contributed by atoms with Crippen molar-refractivity contribution < 1.29 is 9.53 Å². The Morgan fingerprint density at radius 2 is 1.77 bits per heavy atom. The van der Waals surface area contributed by atoms with E-state index in [4.69, 9.17) is 4.74 Å². The van der Waals surface area contributed by atoms with Crippen LogP contribution < -0.4 is 10.1 Å². The smallest absolute Gasteiger partial charge is 0.244 e. The highest BCUT2D eigenvalue weighted by molar-refractivity contribution is 5.88. The zero-order valence-corrected chi connectivity index (χ0v) is 19.6. The molecule has 0 saturated carbocycles. The molecule has 0 radical (unpaired) electrons. The number of nitrogens with zero attached hydrogens (tertiary/aromatic N) is 1. The van der Waals surface area contributed by atoms with Crippen molar-refractivity contribution in [1.82, 2.24) is 10.3 Å². The third kappa shape index (κ3) is 9.37. The van der Waals surface area contributed by atoms with E-state index >= 15 is 0 Å². The summed E-state index contributed by atoms with van der Waals surface area (Å²) in [5, 5.41) is 4.17. The highest BCUT2D eigenvalue weighted by atomic mass is 16.5. The zero-order valence-electron chi connectivity index (χ0n) is 19.6. The summed E-state index contributed by atoms with van der Waals surface area (Å²) in [6.45, 7) is 9.03. The molecule has 0 atom stereocenters. The predicted molar refractivity (Wildman–Crippen MR) is 130 cm³/mol. The highest BCUT2D eigenvalue weighted by Crippen LogP contribution is 2.17. The Morgan fingerprint density at radius 1 is 1.03 bits per heavy atom. The average Bonchev–Trinajstić information content (AvgIpc) is 2.74. The van der Waals surface area contributed by atoms with E-state index < -0.39 is 0 Å². The van der Waals surface area contributed by atoms with Gasteiger partial charge in [0.15, 0.2) is 0 Å². The van der Waals surface area contributed by atoms with Crippen LogP contribution in [-0.4, -0.2) is 23.0 Å². The van der Waals surface area contributed by atoms with Gasteiger partial charge in [0.25, 0.3) is 0 Å². The number of carbonyl (C=O) groups excluding carboxylic acids is 1. The first-order valence-corrected chi connectivity index (χ1v) is 11.5. The fourth-order valence-electron chi connectivity index (χ4n) is 3.02.